The number of phenolic OH excluding ortho intramolecular Hbond substituents is 1. The maximum Gasteiger partial charge on any atom is 0.404 e. The SMILES string of the molecule is C[C@]12CC[C@@H]3c4ccc(O)cc4CC[C@H]3[C@@H]1CC[C@H]2OC(N)=O. The van der Waals surface area contributed by atoms with Crippen molar-refractivity contribution >= 4 is 6.09 Å². The topological polar surface area (TPSA) is 72.6 Å². The van der Waals surface area contributed by atoms with Gasteiger partial charge in [-0.3, -0.25) is 0 Å². The molecule has 124 valence electrons. The van der Waals surface area contributed by atoms with E-state index in [1.807, 2.05) is 12.1 Å². The maximum absolute atomic E-state index is 11.2. The molecule has 1 aromatic carbocycles. The maximum atomic E-state index is 11.2. The number of ether oxygens (including phenoxy) is 1. The number of benzene rings is 1. The molecule has 3 N–H and O–H groups in total. The van der Waals surface area contributed by atoms with Gasteiger partial charge in [0.05, 0.1) is 0 Å². The molecule has 0 bridgehead atoms. The molecule has 0 radical (unpaired) electrons. The summed E-state index contributed by atoms with van der Waals surface area (Å²) < 4.78 is 5.45. The number of hydrogen-bond donors (Lipinski definition) is 2. The van der Waals surface area contributed by atoms with Crippen molar-refractivity contribution in [3.8, 4) is 5.75 Å². The molecule has 5 atom stereocenters. The summed E-state index contributed by atoms with van der Waals surface area (Å²) in [7, 11) is 0. The number of aryl methyl sites for hydroxylation is 1. The first-order valence-electron chi connectivity index (χ1n) is 8.77. The van der Waals surface area contributed by atoms with Crippen LogP contribution in [0.3, 0.4) is 0 Å². The normalized spacial score (nSPS) is 38.3. The van der Waals surface area contributed by atoms with Crippen LogP contribution in [0.2, 0.25) is 0 Å². The Morgan fingerprint density at radius 1 is 1.30 bits per heavy atom. The van der Waals surface area contributed by atoms with Gasteiger partial charge in [0.2, 0.25) is 0 Å². The molecule has 1 aromatic rings. The first kappa shape index (κ1) is 14.9. The zero-order valence-corrected chi connectivity index (χ0v) is 13.6. The fourth-order valence-corrected chi connectivity index (χ4v) is 5.85. The molecule has 1 amide bonds. The molecule has 0 saturated heterocycles. The average molecular weight is 315 g/mol. The lowest BCUT2D eigenvalue weighted by Gasteiger charge is -2.50. The Balaban J connectivity index is 1.63. The molecule has 0 unspecified atom stereocenters. The summed E-state index contributed by atoms with van der Waals surface area (Å²) in [6, 6.07) is 5.88. The minimum absolute atomic E-state index is 0.0211. The number of rotatable bonds is 1. The van der Waals surface area contributed by atoms with Crippen molar-refractivity contribution in [3.63, 3.8) is 0 Å². The van der Waals surface area contributed by atoms with Gasteiger partial charge in [-0.2, -0.15) is 0 Å². The zero-order chi connectivity index (χ0) is 16.2. The summed E-state index contributed by atoms with van der Waals surface area (Å²) in [5.41, 5.74) is 8.10. The highest BCUT2D eigenvalue weighted by molar-refractivity contribution is 5.65. The number of hydrogen-bond acceptors (Lipinski definition) is 3. The van der Waals surface area contributed by atoms with Crippen LogP contribution in [-0.4, -0.2) is 17.3 Å². The van der Waals surface area contributed by atoms with E-state index in [9.17, 15) is 9.90 Å². The Labute approximate surface area is 137 Å². The molecule has 3 aliphatic rings. The molecule has 2 fully saturated rings. The van der Waals surface area contributed by atoms with Gasteiger partial charge in [0.25, 0.3) is 0 Å². The highest BCUT2D eigenvalue weighted by Crippen LogP contribution is 2.61. The first-order chi connectivity index (χ1) is 11.0. The number of amides is 1. The molecule has 4 nitrogen and oxygen atoms in total. The smallest absolute Gasteiger partial charge is 0.404 e. The van der Waals surface area contributed by atoms with E-state index < -0.39 is 6.09 Å². The zero-order valence-electron chi connectivity index (χ0n) is 13.6. The van der Waals surface area contributed by atoms with Crippen molar-refractivity contribution in [3.05, 3.63) is 29.3 Å². The van der Waals surface area contributed by atoms with E-state index in [1.54, 1.807) is 0 Å². The number of carbonyl (C=O) groups is 1. The van der Waals surface area contributed by atoms with Crippen LogP contribution in [0, 0.1) is 17.3 Å². The minimum Gasteiger partial charge on any atom is -0.508 e. The number of aromatic hydroxyl groups is 1. The molecule has 3 aliphatic carbocycles. The van der Waals surface area contributed by atoms with E-state index in [2.05, 4.69) is 13.0 Å². The van der Waals surface area contributed by atoms with Gasteiger partial charge >= 0.3 is 6.09 Å². The van der Waals surface area contributed by atoms with Gasteiger partial charge in [-0.25, -0.2) is 4.79 Å². The first-order valence-corrected chi connectivity index (χ1v) is 8.77. The highest BCUT2D eigenvalue weighted by Gasteiger charge is 2.56. The van der Waals surface area contributed by atoms with E-state index >= 15 is 0 Å². The van der Waals surface area contributed by atoms with E-state index in [0.717, 1.165) is 32.1 Å². The van der Waals surface area contributed by atoms with Gasteiger partial charge in [-0.05, 0) is 79.5 Å². The highest BCUT2D eigenvalue weighted by atomic mass is 16.6. The summed E-state index contributed by atoms with van der Waals surface area (Å²) >= 11 is 0. The summed E-state index contributed by atoms with van der Waals surface area (Å²) in [5.74, 6) is 2.23. The van der Waals surface area contributed by atoms with Crippen LogP contribution in [-0.2, 0) is 11.2 Å². The molecule has 23 heavy (non-hydrogen) atoms. The molecule has 0 heterocycles. The van der Waals surface area contributed by atoms with Crippen molar-refractivity contribution in [1.29, 1.82) is 0 Å². The van der Waals surface area contributed by atoms with Crippen molar-refractivity contribution in [1.82, 2.24) is 0 Å². The quantitative estimate of drug-likeness (QED) is 0.829. The fourth-order valence-electron chi connectivity index (χ4n) is 5.85. The van der Waals surface area contributed by atoms with Gasteiger partial charge < -0.3 is 15.6 Å². The van der Waals surface area contributed by atoms with E-state index in [1.165, 1.54) is 17.5 Å². The second-order valence-corrected chi connectivity index (χ2v) is 7.85. The largest absolute Gasteiger partial charge is 0.508 e. The van der Waals surface area contributed by atoms with Crippen molar-refractivity contribution in [2.45, 2.75) is 57.5 Å². The summed E-state index contributed by atoms with van der Waals surface area (Å²) in [5, 5.41) is 9.73. The lowest BCUT2D eigenvalue weighted by Crippen LogP contribution is -2.45. The summed E-state index contributed by atoms with van der Waals surface area (Å²) in [6.07, 6.45) is 5.84. The molecule has 4 rings (SSSR count). The summed E-state index contributed by atoms with van der Waals surface area (Å²) in [6.45, 7) is 2.29. The van der Waals surface area contributed by atoms with Crippen LogP contribution in [0.1, 0.15) is 56.1 Å². The molecule has 2 saturated carbocycles. The van der Waals surface area contributed by atoms with Crippen molar-refractivity contribution in [2.24, 2.45) is 23.0 Å². The lowest BCUT2D eigenvalue weighted by molar-refractivity contribution is -0.0291. The third-order valence-electron chi connectivity index (χ3n) is 6.88. The molecule has 0 aliphatic heterocycles. The molecular weight excluding hydrogens is 290 g/mol. The Bertz CT molecular complexity index is 644. The van der Waals surface area contributed by atoms with Gasteiger partial charge in [0.1, 0.15) is 11.9 Å². The van der Waals surface area contributed by atoms with Crippen LogP contribution < -0.4 is 5.73 Å². The van der Waals surface area contributed by atoms with Crippen LogP contribution in [0.25, 0.3) is 0 Å². The number of nitrogens with two attached hydrogens (primary N) is 1. The average Bonchev–Trinajstić information content (AvgIpc) is 2.83. The molecule has 4 heteroatoms. The van der Waals surface area contributed by atoms with Gasteiger partial charge in [-0.1, -0.05) is 13.0 Å². The van der Waals surface area contributed by atoms with Gasteiger partial charge in [-0.15, -0.1) is 0 Å². The van der Waals surface area contributed by atoms with E-state index in [4.69, 9.17) is 10.5 Å². The summed E-state index contributed by atoms with van der Waals surface area (Å²) in [4.78, 5) is 11.2. The monoisotopic (exact) mass is 315 g/mol. The second-order valence-electron chi connectivity index (χ2n) is 7.85. The molecule has 0 aromatic heterocycles. The predicted octanol–water partition coefficient (Wildman–Crippen LogP) is 3.71. The van der Waals surface area contributed by atoms with E-state index in [0.29, 0.717) is 23.5 Å². The minimum atomic E-state index is -0.636. The Hall–Kier alpha value is -1.71. The standard InChI is InChI=1S/C19H25NO3/c1-19-9-8-14-13-5-3-12(21)10-11(13)2-4-15(14)16(19)6-7-17(19)23-18(20)22/h3,5,10,14-17,21H,2,4,6-9H2,1H3,(H2,20,22)/t14-,15-,16+,17-,19+/m1/s1. The predicted molar refractivity (Wildman–Crippen MR) is 87.2 cm³/mol. The van der Waals surface area contributed by atoms with Crippen LogP contribution in [0.5, 0.6) is 5.75 Å². The van der Waals surface area contributed by atoms with E-state index in [-0.39, 0.29) is 11.5 Å². The van der Waals surface area contributed by atoms with Crippen molar-refractivity contribution in [2.75, 3.05) is 0 Å². The Morgan fingerprint density at radius 3 is 2.91 bits per heavy atom. The fraction of sp³-hybridized carbons (Fsp3) is 0.632. The number of carbonyl (C=O) groups excluding carboxylic acids is 1. The third kappa shape index (κ3) is 2.22. The van der Waals surface area contributed by atoms with Crippen LogP contribution in [0.15, 0.2) is 18.2 Å². The third-order valence-corrected chi connectivity index (χ3v) is 6.88. The second kappa shape index (κ2) is 5.15. The Kier molecular flexibility index (Phi) is 3.33. The number of primary amides is 1. The van der Waals surface area contributed by atoms with Gasteiger partial charge in [0.15, 0.2) is 0 Å². The Morgan fingerprint density at radius 2 is 2.13 bits per heavy atom. The lowest BCUT2D eigenvalue weighted by atomic mass is 9.55. The number of phenols is 1. The number of fused-ring (bicyclic) bond motifs is 5. The van der Waals surface area contributed by atoms with Crippen LogP contribution >= 0.6 is 0 Å². The van der Waals surface area contributed by atoms with Gasteiger partial charge in [0, 0.05) is 5.41 Å². The molecule has 0 spiro atoms. The van der Waals surface area contributed by atoms with Crippen LogP contribution in [0.4, 0.5) is 4.79 Å². The molecular formula is C19H25NO3. The van der Waals surface area contributed by atoms with Crippen molar-refractivity contribution < 1.29 is 14.6 Å².